The van der Waals surface area contributed by atoms with E-state index in [-0.39, 0.29) is 0 Å². The van der Waals surface area contributed by atoms with Crippen LogP contribution in [0.15, 0.2) is 211 Å². The van der Waals surface area contributed by atoms with Crippen LogP contribution in [0.2, 0.25) is 13.1 Å². The predicted molar refractivity (Wildman–Crippen MR) is 239 cm³/mol. The highest BCUT2D eigenvalue weighted by Gasteiger charge is 2.42. The fraction of sp³-hybridized carbons (Fsp3) is 0.0385. The third-order valence-corrected chi connectivity index (χ3v) is 14.7. The Labute approximate surface area is 329 Å². The summed E-state index contributed by atoms with van der Waals surface area (Å²) < 4.78 is 6.92. The van der Waals surface area contributed by atoms with Crippen molar-refractivity contribution in [2.45, 2.75) is 13.1 Å². The number of para-hydroxylation sites is 2. The summed E-state index contributed by atoms with van der Waals surface area (Å²) in [5, 5.41) is 3.97. The molecule has 1 aromatic heterocycles. The molecule has 0 fully saturated rings. The first kappa shape index (κ1) is 33.7. The number of nitrogens with zero attached hydrogens (tertiary/aromatic N) is 2. The largest absolute Gasteiger partial charge is 0.456 e. The fourth-order valence-electron chi connectivity index (χ4n) is 8.53. The Balaban J connectivity index is 1.10. The molecule has 10 rings (SSSR count). The predicted octanol–water partition coefficient (Wildman–Crippen LogP) is 13.5. The van der Waals surface area contributed by atoms with Gasteiger partial charge in [0.15, 0.2) is 0 Å². The first-order valence-corrected chi connectivity index (χ1v) is 22.3. The van der Waals surface area contributed by atoms with Gasteiger partial charge < -0.3 is 14.2 Å². The zero-order valence-corrected chi connectivity index (χ0v) is 32.4. The van der Waals surface area contributed by atoms with Crippen molar-refractivity contribution in [1.29, 1.82) is 0 Å². The average molecular weight is 737 g/mol. The summed E-state index contributed by atoms with van der Waals surface area (Å²) in [5.41, 5.74) is 13.5. The van der Waals surface area contributed by atoms with Gasteiger partial charge in [0.2, 0.25) is 0 Å². The summed E-state index contributed by atoms with van der Waals surface area (Å²) in [5.74, 6) is 1.01. The highest BCUT2D eigenvalue weighted by atomic mass is 28.3. The minimum Gasteiger partial charge on any atom is -0.456 e. The molecule has 2 heterocycles. The Morgan fingerprint density at radius 1 is 0.375 bits per heavy atom. The van der Waals surface area contributed by atoms with E-state index in [1.807, 2.05) is 0 Å². The molecule has 0 bridgehead atoms. The number of fused-ring (bicyclic) bond motifs is 5. The third kappa shape index (κ3) is 5.83. The highest BCUT2D eigenvalue weighted by molar-refractivity contribution is 7.05. The van der Waals surface area contributed by atoms with Gasteiger partial charge in [0, 0.05) is 45.1 Å². The lowest BCUT2D eigenvalue weighted by atomic mass is 10.0. The molecule has 8 aromatic carbocycles. The van der Waals surface area contributed by atoms with Gasteiger partial charge in [-0.3, -0.25) is 0 Å². The summed E-state index contributed by atoms with van der Waals surface area (Å²) in [7, 11) is -2.16. The van der Waals surface area contributed by atoms with Crippen molar-refractivity contribution in [1.82, 2.24) is 0 Å². The van der Waals surface area contributed by atoms with Crippen LogP contribution in [0.25, 0.3) is 44.5 Å². The Morgan fingerprint density at radius 3 is 1.34 bits per heavy atom. The highest BCUT2D eigenvalue weighted by Crippen LogP contribution is 2.43. The van der Waals surface area contributed by atoms with E-state index >= 15 is 0 Å². The molecule has 4 heteroatoms. The monoisotopic (exact) mass is 736 g/mol. The van der Waals surface area contributed by atoms with Gasteiger partial charge in [-0.1, -0.05) is 140 Å². The van der Waals surface area contributed by atoms with Crippen molar-refractivity contribution in [3.05, 3.63) is 206 Å². The van der Waals surface area contributed by atoms with Gasteiger partial charge in [-0.05, 0) is 111 Å². The van der Waals surface area contributed by atoms with E-state index in [2.05, 4.69) is 229 Å². The lowest BCUT2D eigenvalue weighted by Crippen LogP contribution is -2.49. The maximum atomic E-state index is 6.92. The number of hydrogen-bond donors (Lipinski definition) is 0. The molecule has 268 valence electrons. The number of hydrogen-bond acceptors (Lipinski definition) is 3. The number of rotatable bonds is 8. The van der Waals surface area contributed by atoms with Crippen molar-refractivity contribution in [2.75, 3.05) is 9.80 Å². The summed E-state index contributed by atoms with van der Waals surface area (Å²) in [4.78, 5) is 4.72. The zero-order valence-electron chi connectivity index (χ0n) is 31.4. The lowest BCUT2D eigenvalue weighted by molar-refractivity contribution is 0.635. The van der Waals surface area contributed by atoms with Crippen LogP contribution in [-0.2, 0) is 0 Å². The molecular weight excluding hydrogens is 697 g/mol. The van der Waals surface area contributed by atoms with Crippen LogP contribution in [0.5, 0.6) is 0 Å². The SMILES string of the molecule is C[Si]1(C)c2ccc(N(c3ccccc3)c3cccc(-c4ccccc4)c3)cc2-c2oc3ccc(N(c4ccccc4)c4cccc(-c5ccccc5)c4)cc3c21. The molecule has 0 aliphatic carbocycles. The smallest absolute Gasteiger partial charge is 0.135 e. The number of anilines is 6. The van der Waals surface area contributed by atoms with E-state index in [4.69, 9.17) is 4.42 Å². The summed E-state index contributed by atoms with van der Waals surface area (Å²) in [6.45, 7) is 4.94. The van der Waals surface area contributed by atoms with Gasteiger partial charge in [-0.15, -0.1) is 0 Å². The van der Waals surface area contributed by atoms with Crippen LogP contribution in [0.4, 0.5) is 34.1 Å². The number of benzene rings is 8. The van der Waals surface area contributed by atoms with E-state index in [0.29, 0.717) is 0 Å². The third-order valence-electron chi connectivity index (χ3n) is 11.2. The van der Waals surface area contributed by atoms with Crippen molar-refractivity contribution in [3.8, 4) is 33.6 Å². The summed E-state index contributed by atoms with van der Waals surface area (Å²) >= 11 is 0. The molecule has 0 amide bonds. The van der Waals surface area contributed by atoms with Gasteiger partial charge in [-0.2, -0.15) is 0 Å². The molecule has 9 aromatic rings. The topological polar surface area (TPSA) is 19.6 Å². The minimum atomic E-state index is -2.16. The van der Waals surface area contributed by atoms with Crippen LogP contribution in [0.1, 0.15) is 0 Å². The summed E-state index contributed by atoms with van der Waals surface area (Å²) in [6.07, 6.45) is 0. The second kappa shape index (κ2) is 13.8. The first-order valence-electron chi connectivity index (χ1n) is 19.3. The first-order chi connectivity index (χ1) is 27.5. The molecule has 56 heavy (non-hydrogen) atoms. The van der Waals surface area contributed by atoms with Crippen LogP contribution >= 0.6 is 0 Å². The summed E-state index contributed by atoms with van der Waals surface area (Å²) in [6, 6.07) is 73.9. The fourth-order valence-corrected chi connectivity index (χ4v) is 11.8. The van der Waals surface area contributed by atoms with Gasteiger partial charge in [0.05, 0.1) is 0 Å². The van der Waals surface area contributed by atoms with Crippen molar-refractivity contribution >= 4 is 63.5 Å². The quantitative estimate of drug-likeness (QED) is 0.145. The van der Waals surface area contributed by atoms with E-state index in [1.165, 1.54) is 43.6 Å². The molecule has 0 saturated heterocycles. The van der Waals surface area contributed by atoms with Crippen LogP contribution < -0.4 is 20.2 Å². The molecule has 1 aliphatic heterocycles. The second-order valence-corrected chi connectivity index (χ2v) is 19.3. The van der Waals surface area contributed by atoms with E-state index in [9.17, 15) is 0 Å². The lowest BCUT2D eigenvalue weighted by Gasteiger charge is -2.27. The standard InChI is InChI=1S/C52H40N2OSi/c1-56(2)50-32-30-46(54(42-25-13-6-14-26-42)44-28-16-22-40(34-44)38-19-9-4-10-20-38)36-48(50)51-52(56)47-35-45(29-31-49(47)55-51)53(41-23-11-5-12-24-41)43-27-15-21-39(33-43)37-17-7-3-8-18-37/h3-36H,1-2H3. The maximum Gasteiger partial charge on any atom is 0.135 e. The molecule has 0 spiro atoms. The van der Waals surface area contributed by atoms with E-state index in [0.717, 1.165) is 45.5 Å². The molecule has 0 N–H and O–H groups in total. The van der Waals surface area contributed by atoms with Gasteiger partial charge in [0.25, 0.3) is 0 Å². The van der Waals surface area contributed by atoms with Crippen LogP contribution in [0.3, 0.4) is 0 Å². The van der Waals surface area contributed by atoms with Crippen molar-refractivity contribution < 1.29 is 4.42 Å². The van der Waals surface area contributed by atoms with E-state index in [1.54, 1.807) is 0 Å². The normalized spacial score (nSPS) is 12.6. The van der Waals surface area contributed by atoms with E-state index < -0.39 is 8.07 Å². The molecular formula is C52H40N2OSi. The number of furan rings is 1. The minimum absolute atomic E-state index is 0.928. The van der Waals surface area contributed by atoms with Gasteiger partial charge in [0.1, 0.15) is 19.4 Å². The molecule has 1 aliphatic rings. The van der Waals surface area contributed by atoms with Gasteiger partial charge in [-0.25, -0.2) is 0 Å². The Bertz CT molecular complexity index is 2830. The zero-order chi connectivity index (χ0) is 37.6. The molecule has 0 unspecified atom stereocenters. The molecule has 0 radical (unpaired) electrons. The second-order valence-electron chi connectivity index (χ2n) is 15.0. The van der Waals surface area contributed by atoms with Crippen molar-refractivity contribution in [3.63, 3.8) is 0 Å². The Kier molecular flexibility index (Phi) is 8.27. The Hall–Kier alpha value is -6.88. The maximum absolute atomic E-state index is 6.92. The Morgan fingerprint density at radius 2 is 0.804 bits per heavy atom. The molecule has 0 atom stereocenters. The molecule has 0 saturated carbocycles. The average Bonchev–Trinajstić information content (AvgIpc) is 3.75. The van der Waals surface area contributed by atoms with Crippen LogP contribution in [-0.4, -0.2) is 8.07 Å². The molecule has 3 nitrogen and oxygen atoms in total. The van der Waals surface area contributed by atoms with Crippen molar-refractivity contribution in [2.24, 2.45) is 0 Å². The van der Waals surface area contributed by atoms with Crippen LogP contribution in [0, 0.1) is 0 Å². The van der Waals surface area contributed by atoms with Gasteiger partial charge >= 0.3 is 0 Å².